The minimum atomic E-state index is 0.588. The lowest BCUT2D eigenvalue weighted by Crippen LogP contribution is -2.05. The molecule has 2 N–H and O–H groups in total. The van der Waals surface area contributed by atoms with Crippen LogP contribution < -0.4 is 5.73 Å². The van der Waals surface area contributed by atoms with Gasteiger partial charge in [-0.25, -0.2) is 9.97 Å². The number of hydrogen-bond donors (Lipinski definition) is 1. The number of aromatic nitrogens is 2. The minimum absolute atomic E-state index is 0.588. The highest BCUT2D eigenvalue weighted by Gasteiger charge is 2.29. The molecule has 0 amide bonds. The van der Waals surface area contributed by atoms with Crippen molar-refractivity contribution < 1.29 is 0 Å². The van der Waals surface area contributed by atoms with Crippen molar-refractivity contribution in [1.29, 1.82) is 0 Å². The quantitative estimate of drug-likeness (QED) is 0.843. The van der Waals surface area contributed by atoms with Crippen LogP contribution in [0.2, 0.25) is 0 Å². The van der Waals surface area contributed by atoms with E-state index in [0.717, 1.165) is 27.1 Å². The van der Waals surface area contributed by atoms with E-state index >= 15 is 0 Å². The lowest BCUT2D eigenvalue weighted by molar-refractivity contribution is 0.978. The number of anilines is 1. The highest BCUT2D eigenvalue weighted by atomic mass is 127. The van der Waals surface area contributed by atoms with Gasteiger partial charge < -0.3 is 5.73 Å². The van der Waals surface area contributed by atoms with Gasteiger partial charge >= 0.3 is 0 Å². The number of nitrogens with two attached hydrogens (primary N) is 1. The molecule has 4 heteroatoms. The summed E-state index contributed by atoms with van der Waals surface area (Å²) in [5.41, 5.74) is 9.57. The number of nitrogen functional groups attached to an aromatic ring is 1. The Morgan fingerprint density at radius 2 is 2.00 bits per heavy atom. The largest absolute Gasteiger partial charge is 0.383 e. The van der Waals surface area contributed by atoms with Crippen LogP contribution >= 0.6 is 22.6 Å². The van der Waals surface area contributed by atoms with Crippen LogP contribution in [0, 0.1) is 3.57 Å². The van der Waals surface area contributed by atoms with E-state index < -0.39 is 0 Å². The van der Waals surface area contributed by atoms with E-state index in [1.807, 2.05) is 6.07 Å². The van der Waals surface area contributed by atoms with E-state index in [0.29, 0.717) is 11.7 Å². The Labute approximate surface area is 126 Å². The van der Waals surface area contributed by atoms with Crippen LogP contribution in [-0.2, 0) is 6.42 Å². The summed E-state index contributed by atoms with van der Waals surface area (Å²) in [6.07, 6.45) is 3.42. The van der Waals surface area contributed by atoms with Gasteiger partial charge in [0.2, 0.25) is 0 Å². The molecule has 0 saturated heterocycles. The highest BCUT2D eigenvalue weighted by Crippen LogP contribution is 2.42. The second kappa shape index (κ2) is 5.07. The summed E-state index contributed by atoms with van der Waals surface area (Å²) in [4.78, 5) is 9.26. The van der Waals surface area contributed by atoms with Crippen LogP contribution in [0.25, 0.3) is 11.4 Å². The maximum Gasteiger partial charge on any atom is 0.162 e. The zero-order chi connectivity index (χ0) is 13.4. The van der Waals surface area contributed by atoms with Gasteiger partial charge in [-0.05, 0) is 47.4 Å². The average molecular weight is 365 g/mol. The normalized spacial score (nSPS) is 14.6. The summed E-state index contributed by atoms with van der Waals surface area (Å²) in [6, 6.07) is 8.30. The second-order valence-electron chi connectivity index (χ2n) is 4.92. The highest BCUT2D eigenvalue weighted by molar-refractivity contribution is 14.1. The Morgan fingerprint density at radius 3 is 2.68 bits per heavy atom. The van der Waals surface area contributed by atoms with Crippen molar-refractivity contribution in [2.24, 2.45) is 0 Å². The number of hydrogen-bond acceptors (Lipinski definition) is 3. The molecule has 0 radical (unpaired) electrons. The predicted molar refractivity (Wildman–Crippen MR) is 86.0 cm³/mol. The second-order valence-corrected chi connectivity index (χ2v) is 6.00. The molecule has 19 heavy (non-hydrogen) atoms. The van der Waals surface area contributed by atoms with E-state index in [1.165, 1.54) is 18.4 Å². The molecular weight excluding hydrogens is 349 g/mol. The van der Waals surface area contributed by atoms with Crippen LogP contribution in [0.15, 0.2) is 24.3 Å². The third kappa shape index (κ3) is 2.45. The molecule has 0 aliphatic heterocycles. The van der Waals surface area contributed by atoms with Crippen LogP contribution in [0.4, 0.5) is 5.82 Å². The molecule has 1 aliphatic rings. The van der Waals surface area contributed by atoms with Crippen LogP contribution in [0.3, 0.4) is 0 Å². The molecule has 1 aromatic heterocycles. The van der Waals surface area contributed by atoms with Crippen molar-refractivity contribution in [3.8, 4) is 11.4 Å². The van der Waals surface area contributed by atoms with Crippen molar-refractivity contribution in [3.05, 3.63) is 39.1 Å². The summed E-state index contributed by atoms with van der Waals surface area (Å²) in [5.74, 6) is 1.97. The lowest BCUT2D eigenvalue weighted by atomic mass is 10.0. The Morgan fingerprint density at radius 1 is 1.26 bits per heavy atom. The molecule has 1 aromatic carbocycles. The molecule has 1 heterocycles. The summed E-state index contributed by atoms with van der Waals surface area (Å²) >= 11 is 2.26. The van der Waals surface area contributed by atoms with Crippen LogP contribution in [0.1, 0.15) is 36.9 Å². The van der Waals surface area contributed by atoms with E-state index in [4.69, 9.17) is 10.7 Å². The van der Waals surface area contributed by atoms with E-state index in [1.54, 1.807) is 0 Å². The lowest BCUT2D eigenvalue weighted by Gasteiger charge is -2.11. The first kappa shape index (κ1) is 12.8. The number of benzene rings is 1. The standard InChI is InChI=1S/C15H16IN3/c1-2-9-5-3-4-6-11(9)15-18-13(10-7-8-10)12(16)14(17)19-15/h3-6,10H,2,7-8H2,1H3,(H2,17,18,19). The van der Waals surface area contributed by atoms with Crippen molar-refractivity contribution in [2.75, 3.05) is 5.73 Å². The zero-order valence-electron chi connectivity index (χ0n) is 10.9. The molecule has 0 spiro atoms. The molecule has 3 rings (SSSR count). The molecule has 1 fully saturated rings. The SMILES string of the molecule is CCc1ccccc1-c1nc(N)c(I)c(C2CC2)n1. The number of aryl methyl sites for hydroxylation is 1. The average Bonchev–Trinajstić information content (AvgIpc) is 3.26. The molecule has 98 valence electrons. The third-order valence-electron chi connectivity index (χ3n) is 3.51. The maximum absolute atomic E-state index is 6.06. The van der Waals surface area contributed by atoms with Crippen molar-refractivity contribution in [2.45, 2.75) is 32.1 Å². The molecule has 0 bridgehead atoms. The number of halogens is 1. The van der Waals surface area contributed by atoms with Gasteiger partial charge in [0.15, 0.2) is 5.82 Å². The fourth-order valence-electron chi connectivity index (χ4n) is 2.28. The van der Waals surface area contributed by atoms with Gasteiger partial charge in [-0.2, -0.15) is 0 Å². The van der Waals surface area contributed by atoms with Gasteiger partial charge in [0.1, 0.15) is 5.82 Å². The van der Waals surface area contributed by atoms with Gasteiger partial charge in [0, 0.05) is 11.5 Å². The number of rotatable bonds is 3. The minimum Gasteiger partial charge on any atom is -0.383 e. The fraction of sp³-hybridized carbons (Fsp3) is 0.333. The molecule has 0 unspecified atom stereocenters. The Kier molecular flexibility index (Phi) is 3.43. The zero-order valence-corrected chi connectivity index (χ0v) is 13.0. The predicted octanol–water partition coefficient (Wildman–Crippen LogP) is 3.77. The van der Waals surface area contributed by atoms with Gasteiger partial charge in [-0.1, -0.05) is 31.2 Å². The monoisotopic (exact) mass is 365 g/mol. The van der Waals surface area contributed by atoms with E-state index in [9.17, 15) is 0 Å². The summed E-state index contributed by atoms with van der Waals surface area (Å²) in [5, 5.41) is 0. The molecule has 1 saturated carbocycles. The van der Waals surface area contributed by atoms with Crippen molar-refractivity contribution >= 4 is 28.4 Å². The van der Waals surface area contributed by atoms with Gasteiger partial charge in [-0.15, -0.1) is 0 Å². The Hall–Kier alpha value is -1.17. The van der Waals surface area contributed by atoms with Crippen molar-refractivity contribution in [3.63, 3.8) is 0 Å². The maximum atomic E-state index is 6.06. The first-order valence-electron chi connectivity index (χ1n) is 6.62. The molecular formula is C15H16IN3. The van der Waals surface area contributed by atoms with E-state index in [2.05, 4.69) is 52.7 Å². The fourth-order valence-corrected chi connectivity index (χ4v) is 2.96. The smallest absolute Gasteiger partial charge is 0.162 e. The van der Waals surface area contributed by atoms with Gasteiger partial charge in [0.05, 0.1) is 9.26 Å². The van der Waals surface area contributed by atoms with Crippen LogP contribution in [-0.4, -0.2) is 9.97 Å². The number of nitrogens with zero attached hydrogens (tertiary/aromatic N) is 2. The summed E-state index contributed by atoms with van der Waals surface area (Å²) in [6.45, 7) is 2.15. The topological polar surface area (TPSA) is 51.8 Å². The molecule has 1 aliphatic carbocycles. The summed E-state index contributed by atoms with van der Waals surface area (Å²) < 4.78 is 1.03. The van der Waals surface area contributed by atoms with Crippen LogP contribution in [0.5, 0.6) is 0 Å². The summed E-state index contributed by atoms with van der Waals surface area (Å²) in [7, 11) is 0. The van der Waals surface area contributed by atoms with Crippen molar-refractivity contribution in [1.82, 2.24) is 9.97 Å². The Bertz CT molecular complexity index is 621. The molecule has 2 aromatic rings. The first-order chi connectivity index (χ1) is 9.20. The first-order valence-corrected chi connectivity index (χ1v) is 7.69. The molecule has 3 nitrogen and oxygen atoms in total. The van der Waals surface area contributed by atoms with E-state index in [-0.39, 0.29) is 0 Å². The van der Waals surface area contributed by atoms with Gasteiger partial charge in [-0.3, -0.25) is 0 Å². The Balaban J connectivity index is 2.14. The third-order valence-corrected chi connectivity index (χ3v) is 4.61. The molecule has 0 atom stereocenters. The van der Waals surface area contributed by atoms with Gasteiger partial charge in [0.25, 0.3) is 0 Å².